The fourth-order valence-electron chi connectivity index (χ4n) is 3.24. The van der Waals surface area contributed by atoms with E-state index in [0.717, 1.165) is 18.9 Å². The van der Waals surface area contributed by atoms with Crippen molar-refractivity contribution in [2.24, 2.45) is 5.14 Å². The van der Waals surface area contributed by atoms with Crippen LogP contribution in [0.1, 0.15) is 50.9 Å². The molecule has 0 spiro atoms. The molecule has 0 aliphatic heterocycles. The highest BCUT2D eigenvalue weighted by Gasteiger charge is 2.27. The second-order valence-electron chi connectivity index (χ2n) is 8.63. The molecule has 0 aliphatic carbocycles. The highest BCUT2D eigenvalue weighted by molar-refractivity contribution is 7.89. The molecule has 0 aromatic heterocycles. The van der Waals surface area contributed by atoms with Crippen molar-refractivity contribution >= 4 is 39.6 Å². The summed E-state index contributed by atoms with van der Waals surface area (Å²) in [4.78, 5) is 48.2. The third kappa shape index (κ3) is 10.4. The Morgan fingerprint density at radius 1 is 0.927 bits per heavy atom. The zero-order valence-electron chi connectivity index (χ0n) is 23.2. The second kappa shape index (κ2) is 15.6. The number of unbranched alkanes of at least 4 members (excludes halogenated alkanes) is 1. The summed E-state index contributed by atoms with van der Waals surface area (Å²) in [6.45, 7) is 5.67. The van der Waals surface area contributed by atoms with Crippen molar-refractivity contribution < 1.29 is 51.3 Å². The number of anilines is 1. The van der Waals surface area contributed by atoms with Crippen LogP contribution in [0, 0.1) is 0 Å². The van der Waals surface area contributed by atoms with E-state index in [1.807, 2.05) is 6.92 Å². The van der Waals surface area contributed by atoms with E-state index >= 15 is 0 Å². The average Bonchev–Trinajstić information content (AvgIpc) is 2.92. The van der Waals surface area contributed by atoms with Gasteiger partial charge in [0.05, 0.1) is 17.9 Å². The summed E-state index contributed by atoms with van der Waals surface area (Å²) in [7, 11) is -4.39. The van der Waals surface area contributed by atoms with Gasteiger partial charge in [0.15, 0.2) is 24.6 Å². The Kier molecular flexibility index (Phi) is 12.5. The van der Waals surface area contributed by atoms with Crippen molar-refractivity contribution in [1.82, 2.24) is 0 Å². The third-order valence-electron chi connectivity index (χ3n) is 5.28. The number of benzene rings is 2. The number of carbonyl (C=O) groups excluding carboxylic acids is 4. The number of nitrogens with two attached hydrogens (primary N) is 1. The van der Waals surface area contributed by atoms with Crippen LogP contribution in [0.15, 0.2) is 47.4 Å². The normalized spacial score (nSPS) is 12.4. The van der Waals surface area contributed by atoms with Crippen molar-refractivity contribution in [1.29, 1.82) is 0 Å². The van der Waals surface area contributed by atoms with Gasteiger partial charge in [0, 0.05) is 6.54 Å². The van der Waals surface area contributed by atoms with Crippen LogP contribution in [0.3, 0.4) is 0 Å². The summed E-state index contributed by atoms with van der Waals surface area (Å²) in [5, 5.41) is 8.49. The van der Waals surface area contributed by atoms with Crippen LogP contribution in [0.25, 0.3) is 0 Å². The van der Waals surface area contributed by atoms with Gasteiger partial charge >= 0.3 is 23.9 Å². The van der Waals surface area contributed by atoms with Crippen LogP contribution in [-0.4, -0.2) is 64.3 Å². The summed E-state index contributed by atoms with van der Waals surface area (Å²) in [5.41, 5.74) is -0.0765. The number of rotatable bonds is 15. The number of nitrogens with one attached hydrogen (secondary N) is 1. The Labute approximate surface area is 238 Å². The molecule has 0 radical (unpaired) electrons. The predicted octanol–water partition coefficient (Wildman–Crippen LogP) is 2.92. The Morgan fingerprint density at radius 2 is 1.59 bits per heavy atom. The van der Waals surface area contributed by atoms with E-state index in [1.54, 1.807) is 37.3 Å². The molecule has 0 aliphatic rings. The van der Waals surface area contributed by atoms with Gasteiger partial charge < -0.3 is 29.0 Å². The monoisotopic (exact) mass is 594 g/mol. The van der Waals surface area contributed by atoms with E-state index in [4.69, 9.17) is 28.8 Å². The molecule has 224 valence electrons. The maximum atomic E-state index is 12.8. The standard InChI is InChI=1S/C27H34N2O11S/c1-5-7-13-29-21-14-19(15-22(41(28,34)35)24(21)40-20-11-9-8-10-12-20)27(33)37-16-23(30)38-18(4)26(32)39-17(3)25(31)36-6-2/h8-12,14-15,17-18,29H,5-7,13,16H2,1-4H3,(H2,28,34,35)/t17-,18-/m0/s1. The van der Waals surface area contributed by atoms with Crippen molar-refractivity contribution in [3.8, 4) is 11.5 Å². The first kappa shape index (κ1) is 33.0. The smallest absolute Gasteiger partial charge is 0.347 e. The number of para-hydroxylation sites is 1. The highest BCUT2D eigenvalue weighted by Crippen LogP contribution is 2.37. The molecule has 0 saturated carbocycles. The van der Waals surface area contributed by atoms with Gasteiger partial charge in [-0.1, -0.05) is 31.5 Å². The number of primary sulfonamides is 1. The lowest BCUT2D eigenvalue weighted by molar-refractivity contribution is -0.177. The summed E-state index contributed by atoms with van der Waals surface area (Å²) >= 11 is 0. The van der Waals surface area contributed by atoms with Crippen molar-refractivity contribution in [3.05, 3.63) is 48.0 Å². The van der Waals surface area contributed by atoms with E-state index in [2.05, 4.69) is 5.32 Å². The molecule has 0 saturated heterocycles. The molecule has 2 atom stereocenters. The Hall–Kier alpha value is -4.17. The number of hydrogen-bond donors (Lipinski definition) is 2. The summed E-state index contributed by atoms with van der Waals surface area (Å²) in [5.74, 6) is -3.73. The number of sulfonamides is 1. The first-order valence-electron chi connectivity index (χ1n) is 12.8. The van der Waals surface area contributed by atoms with E-state index < -0.39 is 57.6 Å². The van der Waals surface area contributed by atoms with Gasteiger partial charge in [0.1, 0.15) is 10.6 Å². The predicted molar refractivity (Wildman–Crippen MR) is 146 cm³/mol. The minimum Gasteiger partial charge on any atom is -0.463 e. The Bertz CT molecular complexity index is 1330. The molecule has 2 rings (SSSR count). The Balaban J connectivity index is 2.19. The minimum atomic E-state index is -4.39. The van der Waals surface area contributed by atoms with Crippen LogP contribution in [-0.2, 0) is 43.4 Å². The van der Waals surface area contributed by atoms with Gasteiger partial charge in [-0.2, -0.15) is 0 Å². The molecule has 0 unspecified atom stereocenters. The molecule has 0 bridgehead atoms. The lowest BCUT2D eigenvalue weighted by Gasteiger charge is -2.18. The fraction of sp³-hybridized carbons (Fsp3) is 0.407. The molecule has 0 heterocycles. The maximum absolute atomic E-state index is 12.8. The highest BCUT2D eigenvalue weighted by atomic mass is 32.2. The zero-order valence-corrected chi connectivity index (χ0v) is 24.0. The van der Waals surface area contributed by atoms with Crippen LogP contribution in [0.5, 0.6) is 11.5 Å². The van der Waals surface area contributed by atoms with E-state index in [0.29, 0.717) is 12.3 Å². The van der Waals surface area contributed by atoms with Crippen molar-refractivity contribution in [2.75, 3.05) is 25.1 Å². The second-order valence-corrected chi connectivity index (χ2v) is 10.2. The van der Waals surface area contributed by atoms with Crippen molar-refractivity contribution in [2.45, 2.75) is 57.6 Å². The molecular formula is C27H34N2O11S. The van der Waals surface area contributed by atoms with E-state index in [9.17, 15) is 27.6 Å². The molecule has 2 aromatic carbocycles. The van der Waals surface area contributed by atoms with Gasteiger partial charge in [-0.15, -0.1) is 0 Å². The lowest BCUT2D eigenvalue weighted by atomic mass is 10.1. The molecular weight excluding hydrogens is 560 g/mol. The summed E-state index contributed by atoms with van der Waals surface area (Å²) in [6.07, 6.45) is -1.07. The first-order chi connectivity index (χ1) is 19.4. The first-order valence-corrected chi connectivity index (χ1v) is 14.3. The third-order valence-corrected chi connectivity index (χ3v) is 6.19. The van der Waals surface area contributed by atoms with E-state index in [-0.39, 0.29) is 23.6 Å². The van der Waals surface area contributed by atoms with Crippen molar-refractivity contribution in [3.63, 3.8) is 0 Å². The molecule has 14 heteroatoms. The quantitative estimate of drug-likeness (QED) is 0.175. The van der Waals surface area contributed by atoms with Gasteiger partial charge in [-0.25, -0.2) is 32.7 Å². The molecule has 2 aromatic rings. The lowest BCUT2D eigenvalue weighted by Crippen LogP contribution is -2.34. The summed E-state index contributed by atoms with van der Waals surface area (Å²) < 4.78 is 50.3. The topological polar surface area (TPSA) is 187 Å². The Morgan fingerprint density at radius 3 is 2.20 bits per heavy atom. The SMILES string of the molecule is CCCCNc1cc(C(=O)OCC(=O)O[C@@H](C)C(=O)O[C@@H](C)C(=O)OCC)cc(S(N)(=O)=O)c1Oc1ccccc1. The van der Waals surface area contributed by atoms with Crippen LogP contribution in [0.2, 0.25) is 0 Å². The fourth-order valence-corrected chi connectivity index (χ4v) is 3.94. The molecule has 0 amide bonds. The maximum Gasteiger partial charge on any atom is 0.347 e. The molecule has 41 heavy (non-hydrogen) atoms. The summed E-state index contributed by atoms with van der Waals surface area (Å²) in [6, 6.07) is 10.7. The van der Waals surface area contributed by atoms with Gasteiger partial charge in [0.25, 0.3) is 0 Å². The minimum absolute atomic E-state index is 0.0917. The zero-order chi connectivity index (χ0) is 30.6. The van der Waals surface area contributed by atoms with E-state index in [1.165, 1.54) is 19.9 Å². The number of carbonyl (C=O) groups is 4. The van der Waals surface area contributed by atoms with Gasteiger partial charge in [-0.05, 0) is 51.5 Å². The molecule has 13 nitrogen and oxygen atoms in total. The molecule has 3 N–H and O–H groups in total. The van der Waals surface area contributed by atoms with Crippen LogP contribution >= 0.6 is 0 Å². The average molecular weight is 595 g/mol. The van der Waals surface area contributed by atoms with Crippen LogP contribution < -0.4 is 15.2 Å². The number of ether oxygens (including phenoxy) is 5. The van der Waals surface area contributed by atoms with Crippen LogP contribution in [0.4, 0.5) is 5.69 Å². The van der Waals surface area contributed by atoms with Gasteiger partial charge in [0.2, 0.25) is 10.0 Å². The number of hydrogen-bond acceptors (Lipinski definition) is 12. The largest absolute Gasteiger partial charge is 0.463 e. The number of esters is 4. The van der Waals surface area contributed by atoms with Gasteiger partial charge in [-0.3, -0.25) is 0 Å². The molecule has 0 fully saturated rings.